The highest BCUT2D eigenvalue weighted by molar-refractivity contribution is 5.95. The smallest absolute Gasteiger partial charge is 0.253 e. The van der Waals surface area contributed by atoms with Crippen LogP contribution in [0, 0.1) is 13.8 Å². The van der Waals surface area contributed by atoms with E-state index in [1.54, 1.807) is 0 Å². The van der Waals surface area contributed by atoms with Crippen LogP contribution in [0.1, 0.15) is 64.6 Å². The predicted molar refractivity (Wildman–Crippen MR) is 104 cm³/mol. The molecule has 1 saturated carbocycles. The predicted octanol–water partition coefficient (Wildman–Crippen LogP) is 3.97. The van der Waals surface area contributed by atoms with Crippen LogP contribution in [-0.2, 0) is 13.1 Å². The Morgan fingerprint density at radius 2 is 1.73 bits per heavy atom. The van der Waals surface area contributed by atoms with Gasteiger partial charge in [0.25, 0.3) is 5.91 Å². The first kappa shape index (κ1) is 17.3. The Kier molecular flexibility index (Phi) is 4.86. The third kappa shape index (κ3) is 3.70. The summed E-state index contributed by atoms with van der Waals surface area (Å²) in [5, 5.41) is 3.09. The van der Waals surface area contributed by atoms with E-state index in [2.05, 4.69) is 52.9 Å². The second-order valence-electron chi connectivity index (χ2n) is 7.87. The molecule has 0 radical (unpaired) electrons. The molecule has 0 bridgehead atoms. The maximum absolute atomic E-state index is 12.6. The van der Waals surface area contributed by atoms with Crippen LogP contribution in [0.25, 0.3) is 0 Å². The van der Waals surface area contributed by atoms with Crippen molar-refractivity contribution < 1.29 is 4.79 Å². The molecule has 1 aromatic heterocycles. The van der Waals surface area contributed by atoms with Gasteiger partial charge in [-0.1, -0.05) is 24.3 Å². The molecule has 4 heteroatoms. The summed E-state index contributed by atoms with van der Waals surface area (Å²) < 4.78 is 2.32. The van der Waals surface area contributed by atoms with E-state index < -0.39 is 0 Å². The van der Waals surface area contributed by atoms with Gasteiger partial charge in [0.15, 0.2) is 0 Å². The van der Waals surface area contributed by atoms with Crippen LogP contribution in [0.2, 0.25) is 0 Å². The van der Waals surface area contributed by atoms with Gasteiger partial charge < -0.3 is 9.88 Å². The Morgan fingerprint density at radius 1 is 1.08 bits per heavy atom. The summed E-state index contributed by atoms with van der Waals surface area (Å²) in [6, 6.07) is 11.3. The number of hydrogen-bond donors (Lipinski definition) is 1. The number of carbonyl (C=O) groups excluding carboxylic acids is 1. The topological polar surface area (TPSA) is 37.3 Å². The number of likely N-dealkylation sites (tertiary alicyclic amines) is 1. The van der Waals surface area contributed by atoms with Crippen molar-refractivity contribution in [2.24, 2.45) is 0 Å². The Bertz CT molecular complexity index is 780. The molecule has 4 nitrogen and oxygen atoms in total. The Labute approximate surface area is 156 Å². The quantitative estimate of drug-likeness (QED) is 0.855. The van der Waals surface area contributed by atoms with Gasteiger partial charge in [-0.25, -0.2) is 0 Å². The fourth-order valence-corrected chi connectivity index (χ4v) is 4.14. The summed E-state index contributed by atoms with van der Waals surface area (Å²) in [6.45, 7) is 8.22. The van der Waals surface area contributed by atoms with Crippen LogP contribution in [0.5, 0.6) is 0 Å². The number of nitrogens with one attached hydrogen (secondary N) is 1. The molecule has 2 aromatic rings. The standard InChI is InChI=1S/C22H29N3O/c1-16-13-21(17(2)25(16)20-9-10-20)22(26)23-14-18-5-7-19(8-6-18)15-24-11-3-4-12-24/h5-8,13,20H,3-4,9-12,14-15H2,1-2H3,(H,23,26). The number of nitrogens with zero attached hydrogens (tertiary/aromatic N) is 2. The zero-order chi connectivity index (χ0) is 18.1. The average Bonchev–Trinajstić information content (AvgIpc) is 3.24. The summed E-state index contributed by atoms with van der Waals surface area (Å²) in [5.41, 5.74) is 5.62. The molecule has 2 fully saturated rings. The maximum atomic E-state index is 12.6. The molecule has 2 aliphatic rings. The number of hydrogen-bond acceptors (Lipinski definition) is 2. The molecule has 1 N–H and O–H groups in total. The minimum absolute atomic E-state index is 0.0335. The van der Waals surface area contributed by atoms with Gasteiger partial charge in [0.2, 0.25) is 0 Å². The van der Waals surface area contributed by atoms with E-state index in [9.17, 15) is 4.79 Å². The molecule has 4 rings (SSSR count). The Balaban J connectivity index is 1.35. The van der Waals surface area contributed by atoms with Crippen molar-refractivity contribution in [1.82, 2.24) is 14.8 Å². The van der Waals surface area contributed by atoms with Gasteiger partial charge in [0, 0.05) is 30.5 Å². The monoisotopic (exact) mass is 351 g/mol. The van der Waals surface area contributed by atoms with Crippen LogP contribution in [0.4, 0.5) is 0 Å². The molecule has 0 unspecified atom stereocenters. The fraction of sp³-hybridized carbons (Fsp3) is 0.500. The molecule has 1 aromatic carbocycles. The van der Waals surface area contributed by atoms with Crippen molar-refractivity contribution in [2.75, 3.05) is 13.1 Å². The number of aryl methyl sites for hydroxylation is 1. The van der Waals surface area contributed by atoms with E-state index in [0.29, 0.717) is 12.6 Å². The molecule has 0 spiro atoms. The number of amides is 1. The van der Waals surface area contributed by atoms with Crippen molar-refractivity contribution in [2.45, 2.75) is 58.7 Å². The summed E-state index contributed by atoms with van der Waals surface area (Å²) in [6.07, 6.45) is 5.12. The van der Waals surface area contributed by atoms with Crippen LogP contribution in [0.15, 0.2) is 30.3 Å². The van der Waals surface area contributed by atoms with Gasteiger partial charge in [-0.2, -0.15) is 0 Å². The van der Waals surface area contributed by atoms with Crippen molar-refractivity contribution in [1.29, 1.82) is 0 Å². The minimum atomic E-state index is 0.0335. The number of rotatable bonds is 6. The van der Waals surface area contributed by atoms with Crippen molar-refractivity contribution in [3.8, 4) is 0 Å². The summed E-state index contributed by atoms with van der Waals surface area (Å²) in [4.78, 5) is 15.1. The van der Waals surface area contributed by atoms with E-state index in [-0.39, 0.29) is 5.91 Å². The van der Waals surface area contributed by atoms with Gasteiger partial charge in [0.05, 0.1) is 5.56 Å². The summed E-state index contributed by atoms with van der Waals surface area (Å²) in [5.74, 6) is 0.0335. The molecule has 26 heavy (non-hydrogen) atoms. The summed E-state index contributed by atoms with van der Waals surface area (Å²) in [7, 11) is 0. The second-order valence-corrected chi connectivity index (χ2v) is 7.87. The lowest BCUT2D eigenvalue weighted by Crippen LogP contribution is -2.23. The van der Waals surface area contributed by atoms with Crippen LogP contribution >= 0.6 is 0 Å². The van der Waals surface area contributed by atoms with Gasteiger partial charge >= 0.3 is 0 Å². The number of benzene rings is 1. The highest BCUT2D eigenvalue weighted by atomic mass is 16.1. The van der Waals surface area contributed by atoms with Crippen LogP contribution < -0.4 is 5.32 Å². The highest BCUT2D eigenvalue weighted by Crippen LogP contribution is 2.38. The van der Waals surface area contributed by atoms with Crippen molar-refractivity contribution in [3.05, 3.63) is 58.4 Å². The Morgan fingerprint density at radius 3 is 2.38 bits per heavy atom. The van der Waals surface area contributed by atoms with Crippen LogP contribution in [-0.4, -0.2) is 28.5 Å². The van der Waals surface area contributed by atoms with E-state index in [1.165, 1.54) is 50.0 Å². The zero-order valence-electron chi connectivity index (χ0n) is 15.9. The van der Waals surface area contributed by atoms with Crippen LogP contribution in [0.3, 0.4) is 0 Å². The average molecular weight is 351 g/mol. The first-order valence-electron chi connectivity index (χ1n) is 9.88. The molecule has 1 aliphatic carbocycles. The SMILES string of the molecule is Cc1cc(C(=O)NCc2ccc(CN3CCCC3)cc2)c(C)n1C1CC1. The zero-order valence-corrected chi connectivity index (χ0v) is 15.9. The first-order valence-corrected chi connectivity index (χ1v) is 9.88. The molecule has 0 atom stereocenters. The van der Waals surface area contributed by atoms with Gasteiger partial charge in [-0.3, -0.25) is 9.69 Å². The number of aromatic nitrogens is 1. The molecule has 1 saturated heterocycles. The minimum Gasteiger partial charge on any atom is -0.348 e. The van der Waals surface area contributed by atoms with Gasteiger partial charge in [-0.05, 0) is 69.8 Å². The van der Waals surface area contributed by atoms with Gasteiger partial charge in [-0.15, -0.1) is 0 Å². The summed E-state index contributed by atoms with van der Waals surface area (Å²) >= 11 is 0. The van der Waals surface area contributed by atoms with Crippen molar-refractivity contribution in [3.63, 3.8) is 0 Å². The van der Waals surface area contributed by atoms with E-state index in [0.717, 1.165) is 23.4 Å². The van der Waals surface area contributed by atoms with Gasteiger partial charge in [0.1, 0.15) is 0 Å². The third-order valence-corrected chi connectivity index (χ3v) is 5.72. The normalized spacial score (nSPS) is 17.6. The number of carbonyl (C=O) groups is 1. The molecular weight excluding hydrogens is 322 g/mol. The Hall–Kier alpha value is -2.07. The molecule has 1 amide bonds. The largest absolute Gasteiger partial charge is 0.348 e. The lowest BCUT2D eigenvalue weighted by atomic mass is 10.1. The molecular formula is C22H29N3O. The van der Waals surface area contributed by atoms with E-state index in [1.807, 2.05) is 6.07 Å². The first-order chi connectivity index (χ1) is 12.6. The highest BCUT2D eigenvalue weighted by Gasteiger charge is 2.28. The molecule has 138 valence electrons. The maximum Gasteiger partial charge on any atom is 0.253 e. The van der Waals surface area contributed by atoms with Crippen molar-refractivity contribution >= 4 is 5.91 Å². The molecule has 2 heterocycles. The lowest BCUT2D eigenvalue weighted by molar-refractivity contribution is 0.0950. The second kappa shape index (κ2) is 7.28. The third-order valence-electron chi connectivity index (χ3n) is 5.72. The lowest BCUT2D eigenvalue weighted by Gasteiger charge is -2.14. The van der Waals surface area contributed by atoms with E-state index >= 15 is 0 Å². The molecule has 1 aliphatic heterocycles. The fourth-order valence-electron chi connectivity index (χ4n) is 4.14. The van der Waals surface area contributed by atoms with E-state index in [4.69, 9.17) is 0 Å².